The van der Waals surface area contributed by atoms with E-state index in [9.17, 15) is 9.59 Å². The fourth-order valence-corrected chi connectivity index (χ4v) is 4.16. The van der Waals surface area contributed by atoms with Gasteiger partial charge in [-0.15, -0.1) is 0 Å². The third kappa shape index (κ3) is 2.25. The molecule has 0 atom stereocenters. The molecule has 0 aromatic heterocycles. The van der Waals surface area contributed by atoms with Gasteiger partial charge in [0, 0.05) is 26.3 Å². The lowest BCUT2D eigenvalue weighted by atomic mass is 10.3. The molecule has 4 aliphatic rings. The quantitative estimate of drug-likeness (QED) is 0.601. The van der Waals surface area contributed by atoms with Crippen LogP contribution < -0.4 is 0 Å². The summed E-state index contributed by atoms with van der Waals surface area (Å²) in [6.45, 7) is 3.48. The van der Waals surface area contributed by atoms with Gasteiger partial charge in [-0.2, -0.15) is 0 Å². The second-order valence-electron chi connectivity index (χ2n) is 6.78. The van der Waals surface area contributed by atoms with Crippen molar-refractivity contribution in [3.63, 3.8) is 0 Å². The first-order valence-electron chi connectivity index (χ1n) is 8.46. The molecule has 4 rings (SSSR count). The molecule has 0 bridgehead atoms. The van der Waals surface area contributed by atoms with E-state index in [1.165, 1.54) is 0 Å². The van der Waals surface area contributed by atoms with Crippen LogP contribution >= 0.6 is 0 Å². The van der Waals surface area contributed by atoms with E-state index in [1.807, 2.05) is 9.80 Å². The molecule has 2 N–H and O–H groups in total. The van der Waals surface area contributed by atoms with Crippen LogP contribution in [0.2, 0.25) is 0 Å². The zero-order valence-electron chi connectivity index (χ0n) is 13.6. The van der Waals surface area contributed by atoms with Crippen LogP contribution in [0.3, 0.4) is 0 Å². The number of carbonyl (C=O) groups excluding carboxylic acids is 2. The van der Waals surface area contributed by atoms with Crippen LogP contribution in [0.5, 0.6) is 0 Å². The van der Waals surface area contributed by atoms with E-state index in [0.717, 1.165) is 0 Å². The van der Waals surface area contributed by atoms with Gasteiger partial charge in [-0.05, 0) is 12.8 Å². The number of aliphatic hydroxyl groups is 2. The molecule has 0 aliphatic carbocycles. The summed E-state index contributed by atoms with van der Waals surface area (Å²) in [5.41, 5.74) is 0. The highest BCUT2D eigenvalue weighted by molar-refractivity contribution is 5.85. The average molecular weight is 340 g/mol. The summed E-state index contributed by atoms with van der Waals surface area (Å²) in [7, 11) is 0. The van der Waals surface area contributed by atoms with Crippen molar-refractivity contribution in [1.82, 2.24) is 29.4 Å². The van der Waals surface area contributed by atoms with Gasteiger partial charge in [-0.3, -0.25) is 29.4 Å². The molecule has 4 heterocycles. The summed E-state index contributed by atoms with van der Waals surface area (Å²) >= 11 is 0. The van der Waals surface area contributed by atoms with Crippen LogP contribution in [0.1, 0.15) is 12.8 Å². The molecule has 0 saturated carbocycles. The zero-order valence-corrected chi connectivity index (χ0v) is 13.6. The van der Waals surface area contributed by atoms with Crippen molar-refractivity contribution in [3.05, 3.63) is 0 Å². The van der Waals surface area contributed by atoms with Gasteiger partial charge in [0.15, 0.2) is 12.3 Å². The highest BCUT2D eigenvalue weighted by atomic mass is 16.3. The third-order valence-corrected chi connectivity index (χ3v) is 5.20. The maximum atomic E-state index is 12.8. The highest BCUT2D eigenvalue weighted by Gasteiger charge is 2.63. The summed E-state index contributed by atoms with van der Waals surface area (Å²) in [5, 5.41) is 18.0. The third-order valence-electron chi connectivity index (χ3n) is 5.20. The minimum atomic E-state index is -0.213. The lowest BCUT2D eigenvalue weighted by molar-refractivity contribution is -0.0255. The Morgan fingerprint density at radius 1 is 0.708 bits per heavy atom. The number of amides is 4. The van der Waals surface area contributed by atoms with Crippen molar-refractivity contribution in [3.8, 4) is 0 Å². The van der Waals surface area contributed by atoms with Crippen LogP contribution in [0.4, 0.5) is 9.59 Å². The molecule has 10 nitrogen and oxygen atoms in total. The van der Waals surface area contributed by atoms with Gasteiger partial charge < -0.3 is 10.2 Å². The van der Waals surface area contributed by atoms with Crippen LogP contribution in [-0.2, 0) is 0 Å². The Hall–Kier alpha value is -1.62. The smallest absolute Gasteiger partial charge is 0.325 e. The number of urea groups is 2. The molecular formula is C14H24N6O4. The number of hydrogen-bond acceptors (Lipinski definition) is 6. The fraction of sp³-hybridized carbons (Fsp3) is 0.857. The van der Waals surface area contributed by atoms with E-state index in [1.54, 1.807) is 19.6 Å². The first-order chi connectivity index (χ1) is 11.7. The molecule has 4 saturated heterocycles. The minimum absolute atomic E-state index is 0.0464. The zero-order chi connectivity index (χ0) is 16.8. The predicted molar refractivity (Wildman–Crippen MR) is 82.0 cm³/mol. The Morgan fingerprint density at radius 2 is 1.04 bits per heavy atom. The van der Waals surface area contributed by atoms with Crippen molar-refractivity contribution in [2.75, 3.05) is 53.0 Å². The summed E-state index contributed by atoms with van der Waals surface area (Å²) in [5.74, 6) is 0. The van der Waals surface area contributed by atoms with Crippen molar-refractivity contribution in [2.45, 2.75) is 25.2 Å². The fourth-order valence-electron chi connectivity index (χ4n) is 4.16. The lowest BCUT2D eigenvalue weighted by Gasteiger charge is -2.42. The van der Waals surface area contributed by atoms with E-state index < -0.39 is 0 Å². The highest BCUT2D eigenvalue weighted by Crippen LogP contribution is 2.39. The topological polar surface area (TPSA) is 94.0 Å². The van der Waals surface area contributed by atoms with Crippen molar-refractivity contribution >= 4 is 12.1 Å². The van der Waals surface area contributed by atoms with Crippen molar-refractivity contribution in [1.29, 1.82) is 0 Å². The van der Waals surface area contributed by atoms with E-state index >= 15 is 0 Å². The number of nitrogens with zero attached hydrogens (tertiary/aromatic N) is 6. The second kappa shape index (κ2) is 6.03. The standard InChI is InChI=1S/C14H24N6O4/c21-5-1-3-15-7-17-11-12-19(13(17)23)9-16(4-2-6-22)10-20(12)14(24)18(11)8-15/h11-12,21-22H,1-10H2. The largest absolute Gasteiger partial charge is 0.396 e. The van der Waals surface area contributed by atoms with Crippen LogP contribution in [0.15, 0.2) is 0 Å². The molecule has 0 spiro atoms. The van der Waals surface area contributed by atoms with E-state index in [-0.39, 0.29) is 37.6 Å². The maximum Gasteiger partial charge on any atom is 0.325 e. The normalized spacial score (nSPS) is 29.9. The molecule has 24 heavy (non-hydrogen) atoms. The molecule has 134 valence electrons. The number of aliphatic hydroxyl groups excluding tert-OH is 2. The number of carbonyl (C=O) groups is 2. The van der Waals surface area contributed by atoms with Gasteiger partial charge in [0.25, 0.3) is 0 Å². The van der Waals surface area contributed by atoms with Crippen LogP contribution in [0.25, 0.3) is 0 Å². The van der Waals surface area contributed by atoms with Crippen LogP contribution in [-0.4, -0.2) is 117 Å². The SMILES string of the molecule is O=C1N2CN(CCCO)CN3C(=O)N4CN(CCCO)CN1C4C23. The Labute approximate surface area is 140 Å². The van der Waals surface area contributed by atoms with E-state index in [0.29, 0.717) is 52.6 Å². The Morgan fingerprint density at radius 3 is 1.33 bits per heavy atom. The summed E-state index contributed by atoms with van der Waals surface area (Å²) in [4.78, 5) is 36.7. The van der Waals surface area contributed by atoms with Gasteiger partial charge in [0.2, 0.25) is 0 Å². The van der Waals surface area contributed by atoms with Crippen molar-refractivity contribution < 1.29 is 19.8 Å². The van der Waals surface area contributed by atoms with E-state index in [2.05, 4.69) is 0 Å². The summed E-state index contributed by atoms with van der Waals surface area (Å²) < 4.78 is 0. The first-order valence-corrected chi connectivity index (χ1v) is 8.46. The summed E-state index contributed by atoms with van der Waals surface area (Å²) in [6.07, 6.45) is 0.826. The minimum Gasteiger partial charge on any atom is -0.396 e. The summed E-state index contributed by atoms with van der Waals surface area (Å²) in [6, 6.07) is -0.0928. The molecule has 10 heteroatoms. The van der Waals surface area contributed by atoms with Crippen molar-refractivity contribution in [2.24, 2.45) is 0 Å². The monoisotopic (exact) mass is 340 g/mol. The predicted octanol–water partition coefficient (Wildman–Crippen LogP) is -1.66. The lowest BCUT2D eigenvalue weighted by Crippen LogP contribution is -2.61. The van der Waals surface area contributed by atoms with Gasteiger partial charge >= 0.3 is 12.1 Å². The molecular weight excluding hydrogens is 316 g/mol. The number of hydrogen-bond donors (Lipinski definition) is 2. The molecule has 0 aromatic carbocycles. The van der Waals surface area contributed by atoms with Gasteiger partial charge in [0.1, 0.15) is 0 Å². The molecule has 4 fully saturated rings. The average Bonchev–Trinajstić information content (AvgIpc) is 3.04. The maximum absolute atomic E-state index is 12.8. The molecule has 0 radical (unpaired) electrons. The van der Waals surface area contributed by atoms with E-state index in [4.69, 9.17) is 10.2 Å². The molecule has 0 aromatic rings. The Bertz CT molecular complexity index is 455. The van der Waals surface area contributed by atoms with Crippen LogP contribution in [0, 0.1) is 0 Å². The van der Waals surface area contributed by atoms with Gasteiger partial charge in [-0.25, -0.2) is 9.59 Å². The second-order valence-corrected chi connectivity index (χ2v) is 6.78. The Balaban J connectivity index is 1.56. The Kier molecular flexibility index (Phi) is 3.99. The van der Waals surface area contributed by atoms with Gasteiger partial charge in [-0.1, -0.05) is 0 Å². The molecule has 0 unspecified atom stereocenters. The number of rotatable bonds is 6. The first kappa shape index (κ1) is 15.9. The molecule has 4 amide bonds. The molecule has 4 aliphatic heterocycles. The van der Waals surface area contributed by atoms with Gasteiger partial charge in [0.05, 0.1) is 26.7 Å².